The molecule has 1 atom stereocenters. The highest BCUT2D eigenvalue weighted by atomic mass is 35.5. The molecule has 20 heavy (non-hydrogen) atoms. The van der Waals surface area contributed by atoms with E-state index in [4.69, 9.17) is 16.7 Å². The number of halogens is 1. The van der Waals surface area contributed by atoms with Crippen LogP contribution < -0.4 is 0 Å². The first kappa shape index (κ1) is 17.2. The van der Waals surface area contributed by atoms with Gasteiger partial charge in [-0.15, -0.1) is 11.6 Å². The van der Waals surface area contributed by atoms with E-state index in [2.05, 4.69) is 0 Å². The number of sulfone groups is 1. The van der Waals surface area contributed by atoms with E-state index in [1.807, 2.05) is 0 Å². The van der Waals surface area contributed by atoms with E-state index in [0.29, 0.717) is 32.2 Å². The maximum Gasteiger partial charge on any atom is 0.303 e. The van der Waals surface area contributed by atoms with Gasteiger partial charge in [-0.05, 0) is 19.3 Å². The predicted octanol–water partition coefficient (Wildman–Crippen LogP) is 0.886. The lowest BCUT2D eigenvalue weighted by Gasteiger charge is -2.27. The van der Waals surface area contributed by atoms with Crippen LogP contribution in [0.15, 0.2) is 0 Å². The molecule has 0 aromatic carbocycles. The predicted molar refractivity (Wildman–Crippen MR) is 75.6 cm³/mol. The molecular formula is C12H20ClNO5S. The molecule has 8 heteroatoms. The second-order valence-electron chi connectivity index (χ2n) is 4.98. The largest absolute Gasteiger partial charge is 0.481 e. The molecule has 1 fully saturated rings. The van der Waals surface area contributed by atoms with Gasteiger partial charge in [0.1, 0.15) is 5.88 Å². The summed E-state index contributed by atoms with van der Waals surface area (Å²) in [6.45, 7) is 0.436. The van der Waals surface area contributed by atoms with Crippen molar-refractivity contribution in [1.29, 1.82) is 0 Å². The van der Waals surface area contributed by atoms with Crippen LogP contribution in [0.5, 0.6) is 0 Å². The SMILES string of the molecule is O=C(O)CCCCCN(C(=O)CCl)[C@@H]1CCS(=O)(=O)C1. The van der Waals surface area contributed by atoms with Crippen molar-refractivity contribution >= 4 is 33.3 Å². The van der Waals surface area contributed by atoms with Crippen LogP contribution in [0.25, 0.3) is 0 Å². The van der Waals surface area contributed by atoms with E-state index in [9.17, 15) is 18.0 Å². The standard InChI is InChI=1S/C12H20ClNO5S/c13-8-11(15)14(6-3-1-2-4-12(16)17)10-5-7-20(18,19)9-10/h10H,1-9H2,(H,16,17)/t10-/m1/s1. The fourth-order valence-electron chi connectivity index (χ4n) is 2.34. The second-order valence-corrected chi connectivity index (χ2v) is 7.48. The Labute approximate surface area is 124 Å². The maximum absolute atomic E-state index is 11.8. The van der Waals surface area contributed by atoms with Crippen LogP contribution in [0, 0.1) is 0 Å². The van der Waals surface area contributed by atoms with E-state index in [1.54, 1.807) is 0 Å². The van der Waals surface area contributed by atoms with Crippen molar-refractivity contribution in [2.45, 2.75) is 38.1 Å². The van der Waals surface area contributed by atoms with Crippen LogP contribution in [0.3, 0.4) is 0 Å². The van der Waals surface area contributed by atoms with Gasteiger partial charge in [0.15, 0.2) is 9.84 Å². The number of unbranched alkanes of at least 4 members (excludes halogenated alkanes) is 2. The highest BCUT2D eigenvalue weighted by molar-refractivity contribution is 7.91. The van der Waals surface area contributed by atoms with E-state index in [1.165, 1.54) is 4.90 Å². The molecule has 1 N–H and O–H groups in total. The Bertz CT molecular complexity index is 451. The van der Waals surface area contributed by atoms with Crippen LogP contribution in [0.4, 0.5) is 0 Å². The molecule has 1 rings (SSSR count). The molecule has 0 aromatic heterocycles. The van der Waals surface area contributed by atoms with Gasteiger partial charge in [-0.3, -0.25) is 9.59 Å². The minimum absolute atomic E-state index is 0.00472. The summed E-state index contributed by atoms with van der Waals surface area (Å²) in [5.41, 5.74) is 0. The van der Waals surface area contributed by atoms with Crippen LogP contribution in [-0.4, -0.2) is 60.3 Å². The third-order valence-corrected chi connectivity index (χ3v) is 5.35. The van der Waals surface area contributed by atoms with Gasteiger partial charge in [0.25, 0.3) is 0 Å². The number of carbonyl (C=O) groups excluding carboxylic acids is 1. The van der Waals surface area contributed by atoms with Crippen molar-refractivity contribution in [3.8, 4) is 0 Å². The number of carbonyl (C=O) groups is 2. The topological polar surface area (TPSA) is 91.8 Å². The highest BCUT2D eigenvalue weighted by Gasteiger charge is 2.33. The smallest absolute Gasteiger partial charge is 0.303 e. The minimum Gasteiger partial charge on any atom is -0.481 e. The zero-order valence-corrected chi connectivity index (χ0v) is 12.8. The van der Waals surface area contributed by atoms with Gasteiger partial charge >= 0.3 is 5.97 Å². The number of carboxylic acids is 1. The summed E-state index contributed by atoms with van der Waals surface area (Å²) in [4.78, 5) is 23.7. The van der Waals surface area contributed by atoms with Crippen LogP contribution in [-0.2, 0) is 19.4 Å². The minimum atomic E-state index is -3.04. The van der Waals surface area contributed by atoms with E-state index in [-0.39, 0.29) is 35.8 Å². The van der Waals surface area contributed by atoms with Gasteiger partial charge in [0, 0.05) is 19.0 Å². The number of carboxylic acid groups (broad SMARTS) is 1. The molecule has 6 nitrogen and oxygen atoms in total. The van der Waals surface area contributed by atoms with Gasteiger partial charge < -0.3 is 10.0 Å². The Hall–Kier alpha value is -0.820. The molecule has 1 aliphatic heterocycles. The summed E-state index contributed by atoms with van der Waals surface area (Å²) in [7, 11) is -3.04. The number of aliphatic carboxylic acids is 1. The number of nitrogens with zero attached hydrogens (tertiary/aromatic N) is 1. The lowest BCUT2D eigenvalue weighted by atomic mass is 10.1. The summed E-state index contributed by atoms with van der Waals surface area (Å²) in [6, 6.07) is -0.286. The molecular weight excluding hydrogens is 306 g/mol. The van der Waals surface area contributed by atoms with E-state index < -0.39 is 15.8 Å². The lowest BCUT2D eigenvalue weighted by molar-refractivity contribution is -0.137. The first-order chi connectivity index (χ1) is 9.35. The third kappa shape index (κ3) is 5.66. The second kappa shape index (κ2) is 7.83. The molecule has 116 valence electrons. The number of rotatable bonds is 8. The lowest BCUT2D eigenvalue weighted by Crippen LogP contribution is -2.42. The molecule has 0 aliphatic carbocycles. The molecule has 1 amide bonds. The molecule has 0 saturated carbocycles. The van der Waals surface area contributed by atoms with Crippen molar-refractivity contribution in [2.75, 3.05) is 23.9 Å². The maximum atomic E-state index is 11.8. The van der Waals surface area contributed by atoms with E-state index >= 15 is 0 Å². The number of alkyl halides is 1. The van der Waals surface area contributed by atoms with Crippen molar-refractivity contribution in [2.24, 2.45) is 0 Å². The molecule has 0 spiro atoms. The van der Waals surface area contributed by atoms with Gasteiger partial charge in [0.2, 0.25) is 5.91 Å². The normalized spacial score (nSPS) is 20.8. The highest BCUT2D eigenvalue weighted by Crippen LogP contribution is 2.19. The summed E-state index contributed by atoms with van der Waals surface area (Å²) in [6.07, 6.45) is 2.48. The molecule has 1 saturated heterocycles. The summed E-state index contributed by atoms with van der Waals surface area (Å²) >= 11 is 5.56. The molecule has 0 radical (unpaired) electrons. The Morgan fingerprint density at radius 1 is 1.25 bits per heavy atom. The quantitative estimate of drug-likeness (QED) is 0.528. The first-order valence-electron chi connectivity index (χ1n) is 6.63. The van der Waals surface area contributed by atoms with E-state index in [0.717, 1.165) is 0 Å². The first-order valence-corrected chi connectivity index (χ1v) is 8.99. The fraction of sp³-hybridized carbons (Fsp3) is 0.833. The number of hydrogen-bond acceptors (Lipinski definition) is 4. The zero-order chi connectivity index (χ0) is 15.2. The van der Waals surface area contributed by atoms with Gasteiger partial charge in [0.05, 0.1) is 11.5 Å². The Balaban J connectivity index is 2.45. The zero-order valence-electron chi connectivity index (χ0n) is 11.3. The monoisotopic (exact) mass is 325 g/mol. The average molecular weight is 326 g/mol. The van der Waals surface area contributed by atoms with Crippen molar-refractivity contribution in [3.63, 3.8) is 0 Å². The van der Waals surface area contributed by atoms with Crippen molar-refractivity contribution < 1.29 is 23.1 Å². The van der Waals surface area contributed by atoms with Crippen LogP contribution in [0.1, 0.15) is 32.1 Å². The molecule has 1 aliphatic rings. The average Bonchev–Trinajstić information content (AvgIpc) is 2.72. The summed E-state index contributed by atoms with van der Waals surface area (Å²) in [5.74, 6) is -1.13. The van der Waals surface area contributed by atoms with Gasteiger partial charge in [-0.1, -0.05) is 6.42 Å². The Morgan fingerprint density at radius 3 is 2.45 bits per heavy atom. The van der Waals surface area contributed by atoms with Gasteiger partial charge in [-0.2, -0.15) is 0 Å². The molecule has 0 unspecified atom stereocenters. The fourth-order valence-corrected chi connectivity index (χ4v) is 4.23. The van der Waals surface area contributed by atoms with Crippen LogP contribution in [0.2, 0.25) is 0 Å². The summed E-state index contributed by atoms with van der Waals surface area (Å²) in [5, 5.41) is 8.53. The summed E-state index contributed by atoms with van der Waals surface area (Å²) < 4.78 is 22.9. The Kier molecular flexibility index (Phi) is 6.75. The third-order valence-electron chi connectivity index (χ3n) is 3.37. The molecule has 0 aromatic rings. The molecule has 1 heterocycles. The van der Waals surface area contributed by atoms with Crippen molar-refractivity contribution in [3.05, 3.63) is 0 Å². The number of amides is 1. The Morgan fingerprint density at radius 2 is 1.95 bits per heavy atom. The molecule has 0 bridgehead atoms. The van der Waals surface area contributed by atoms with Gasteiger partial charge in [-0.25, -0.2) is 8.42 Å². The van der Waals surface area contributed by atoms with Crippen LogP contribution >= 0.6 is 11.6 Å². The van der Waals surface area contributed by atoms with Crippen molar-refractivity contribution in [1.82, 2.24) is 4.90 Å². The number of hydrogen-bond donors (Lipinski definition) is 1.